The van der Waals surface area contributed by atoms with Gasteiger partial charge < -0.3 is 10.1 Å². The standard InChI is InChI=1S/C10H17N3OS/c1-7-8(4-6-14-7)10-13-12-9(15-10)3-5-11-2/h7-8,11H,3-6H2,1-2H3. The Hall–Kier alpha value is -0.520. The van der Waals surface area contributed by atoms with Crippen LogP contribution >= 0.6 is 11.3 Å². The molecule has 0 radical (unpaired) electrons. The predicted molar refractivity (Wildman–Crippen MR) is 60.3 cm³/mol. The molecular weight excluding hydrogens is 210 g/mol. The van der Waals surface area contributed by atoms with Gasteiger partial charge in [0, 0.05) is 25.5 Å². The Bertz CT molecular complexity index is 315. The van der Waals surface area contributed by atoms with E-state index >= 15 is 0 Å². The van der Waals surface area contributed by atoms with Crippen LogP contribution in [0.4, 0.5) is 0 Å². The lowest BCUT2D eigenvalue weighted by Gasteiger charge is -2.08. The van der Waals surface area contributed by atoms with Crippen molar-refractivity contribution in [1.29, 1.82) is 0 Å². The van der Waals surface area contributed by atoms with Crippen LogP contribution in [0.5, 0.6) is 0 Å². The van der Waals surface area contributed by atoms with Gasteiger partial charge in [-0.2, -0.15) is 0 Å². The molecule has 5 heteroatoms. The zero-order chi connectivity index (χ0) is 10.7. The van der Waals surface area contributed by atoms with E-state index in [4.69, 9.17) is 4.74 Å². The molecule has 2 unspecified atom stereocenters. The van der Waals surface area contributed by atoms with E-state index in [1.54, 1.807) is 11.3 Å². The molecule has 1 saturated heterocycles. The summed E-state index contributed by atoms with van der Waals surface area (Å²) in [5.74, 6) is 0.464. The van der Waals surface area contributed by atoms with Crippen molar-refractivity contribution in [2.45, 2.75) is 31.8 Å². The lowest BCUT2D eigenvalue weighted by molar-refractivity contribution is 0.118. The summed E-state index contributed by atoms with van der Waals surface area (Å²) in [6, 6.07) is 0. The molecule has 0 aromatic carbocycles. The molecule has 0 saturated carbocycles. The van der Waals surface area contributed by atoms with Crippen LogP contribution in [0.1, 0.15) is 29.3 Å². The van der Waals surface area contributed by atoms with Gasteiger partial charge in [0.05, 0.1) is 6.10 Å². The van der Waals surface area contributed by atoms with E-state index in [2.05, 4.69) is 22.4 Å². The highest BCUT2D eigenvalue weighted by molar-refractivity contribution is 7.11. The maximum absolute atomic E-state index is 5.54. The van der Waals surface area contributed by atoms with Gasteiger partial charge in [-0.3, -0.25) is 0 Å². The second kappa shape index (κ2) is 5.01. The van der Waals surface area contributed by atoms with Gasteiger partial charge in [-0.25, -0.2) is 0 Å². The average Bonchev–Trinajstić information content (AvgIpc) is 2.83. The summed E-state index contributed by atoms with van der Waals surface area (Å²) < 4.78 is 5.54. The molecule has 2 heterocycles. The molecule has 1 aliphatic rings. The fraction of sp³-hybridized carbons (Fsp3) is 0.800. The first-order valence-corrected chi connectivity index (χ1v) is 6.21. The molecule has 1 fully saturated rings. The molecule has 15 heavy (non-hydrogen) atoms. The van der Waals surface area contributed by atoms with Gasteiger partial charge in [-0.1, -0.05) is 0 Å². The van der Waals surface area contributed by atoms with Crippen molar-refractivity contribution in [3.63, 3.8) is 0 Å². The Morgan fingerprint density at radius 2 is 2.40 bits per heavy atom. The smallest absolute Gasteiger partial charge is 0.123 e. The summed E-state index contributed by atoms with van der Waals surface area (Å²) in [7, 11) is 1.95. The first-order valence-electron chi connectivity index (χ1n) is 5.39. The van der Waals surface area contributed by atoms with Gasteiger partial charge in [0.25, 0.3) is 0 Å². The minimum absolute atomic E-state index is 0.301. The van der Waals surface area contributed by atoms with Gasteiger partial charge in [-0.05, 0) is 20.4 Å². The number of nitrogens with zero attached hydrogens (tertiary/aromatic N) is 2. The summed E-state index contributed by atoms with van der Waals surface area (Å²) in [5.41, 5.74) is 0. The number of rotatable bonds is 4. The molecule has 1 aromatic rings. The van der Waals surface area contributed by atoms with Crippen molar-refractivity contribution in [3.8, 4) is 0 Å². The molecule has 4 nitrogen and oxygen atoms in total. The monoisotopic (exact) mass is 227 g/mol. The second-order valence-electron chi connectivity index (χ2n) is 3.86. The number of likely N-dealkylation sites (N-methyl/N-ethyl adjacent to an activating group) is 1. The zero-order valence-electron chi connectivity index (χ0n) is 9.19. The van der Waals surface area contributed by atoms with Crippen molar-refractivity contribution < 1.29 is 4.74 Å². The third-order valence-corrected chi connectivity index (χ3v) is 3.88. The van der Waals surface area contributed by atoms with Gasteiger partial charge in [0.1, 0.15) is 10.0 Å². The Labute approximate surface area is 94.1 Å². The Balaban J connectivity index is 1.99. The molecule has 0 bridgehead atoms. The van der Waals surface area contributed by atoms with Crippen molar-refractivity contribution in [3.05, 3.63) is 10.0 Å². The number of nitrogens with one attached hydrogen (secondary N) is 1. The maximum atomic E-state index is 5.54. The third kappa shape index (κ3) is 2.53. The highest BCUT2D eigenvalue weighted by Gasteiger charge is 2.28. The molecule has 2 atom stereocenters. The first kappa shape index (κ1) is 11.0. The van der Waals surface area contributed by atoms with Gasteiger partial charge >= 0.3 is 0 Å². The summed E-state index contributed by atoms with van der Waals surface area (Å²) >= 11 is 1.73. The van der Waals surface area contributed by atoms with E-state index in [-0.39, 0.29) is 0 Å². The van der Waals surface area contributed by atoms with E-state index in [1.807, 2.05) is 7.05 Å². The van der Waals surface area contributed by atoms with Crippen LogP contribution in [0.3, 0.4) is 0 Å². The van der Waals surface area contributed by atoms with Crippen LogP contribution in [0.25, 0.3) is 0 Å². The number of ether oxygens (including phenoxy) is 1. The SMILES string of the molecule is CNCCc1nnc(C2CCOC2C)s1. The fourth-order valence-electron chi connectivity index (χ4n) is 1.81. The summed E-state index contributed by atoms with van der Waals surface area (Å²) in [4.78, 5) is 0. The van der Waals surface area contributed by atoms with Gasteiger partial charge in [-0.15, -0.1) is 21.5 Å². The Morgan fingerprint density at radius 3 is 3.07 bits per heavy atom. The van der Waals surface area contributed by atoms with E-state index in [0.29, 0.717) is 12.0 Å². The van der Waals surface area contributed by atoms with Crippen LogP contribution < -0.4 is 5.32 Å². The molecule has 1 N–H and O–H groups in total. The van der Waals surface area contributed by atoms with E-state index in [9.17, 15) is 0 Å². The lowest BCUT2D eigenvalue weighted by Crippen LogP contribution is -2.09. The van der Waals surface area contributed by atoms with Crippen LogP contribution in [-0.4, -0.2) is 36.5 Å². The van der Waals surface area contributed by atoms with Crippen molar-refractivity contribution in [1.82, 2.24) is 15.5 Å². The van der Waals surface area contributed by atoms with Crippen LogP contribution in [0.2, 0.25) is 0 Å². The lowest BCUT2D eigenvalue weighted by atomic mass is 10.0. The molecular formula is C10H17N3OS. The molecule has 0 aliphatic carbocycles. The Kier molecular flexibility index (Phi) is 3.66. The number of aromatic nitrogens is 2. The second-order valence-corrected chi connectivity index (χ2v) is 4.95. The largest absolute Gasteiger partial charge is 0.378 e. The third-order valence-electron chi connectivity index (χ3n) is 2.76. The Morgan fingerprint density at radius 1 is 1.53 bits per heavy atom. The van der Waals surface area contributed by atoms with Crippen molar-refractivity contribution >= 4 is 11.3 Å². The summed E-state index contributed by atoms with van der Waals surface area (Å²) in [6.07, 6.45) is 2.35. The fourth-order valence-corrected chi connectivity index (χ4v) is 2.88. The maximum Gasteiger partial charge on any atom is 0.123 e. The van der Waals surface area contributed by atoms with E-state index in [1.165, 1.54) is 0 Å². The van der Waals surface area contributed by atoms with Gasteiger partial charge in [0.15, 0.2) is 0 Å². The summed E-state index contributed by atoms with van der Waals surface area (Å²) in [5, 5.41) is 13.9. The minimum Gasteiger partial charge on any atom is -0.378 e. The highest BCUT2D eigenvalue weighted by atomic mass is 32.1. The van der Waals surface area contributed by atoms with Crippen molar-refractivity contribution in [2.24, 2.45) is 0 Å². The average molecular weight is 227 g/mol. The van der Waals surface area contributed by atoms with Gasteiger partial charge in [0.2, 0.25) is 0 Å². The van der Waals surface area contributed by atoms with Crippen LogP contribution in [0, 0.1) is 0 Å². The molecule has 84 valence electrons. The number of hydrogen-bond acceptors (Lipinski definition) is 5. The quantitative estimate of drug-likeness (QED) is 0.839. The molecule has 1 aromatic heterocycles. The normalized spacial score (nSPS) is 26.0. The van der Waals surface area contributed by atoms with Crippen LogP contribution in [-0.2, 0) is 11.2 Å². The van der Waals surface area contributed by atoms with Crippen molar-refractivity contribution in [2.75, 3.05) is 20.2 Å². The topological polar surface area (TPSA) is 47.0 Å². The van der Waals surface area contributed by atoms with E-state index in [0.717, 1.165) is 36.0 Å². The zero-order valence-corrected chi connectivity index (χ0v) is 10.0. The van der Waals surface area contributed by atoms with Crippen LogP contribution in [0.15, 0.2) is 0 Å². The summed E-state index contributed by atoms with van der Waals surface area (Å²) in [6.45, 7) is 3.94. The number of hydrogen-bond donors (Lipinski definition) is 1. The molecule has 1 aliphatic heterocycles. The van der Waals surface area contributed by atoms with E-state index < -0.39 is 0 Å². The molecule has 0 spiro atoms. The molecule has 0 amide bonds. The highest BCUT2D eigenvalue weighted by Crippen LogP contribution is 2.32. The minimum atomic E-state index is 0.301. The first-order chi connectivity index (χ1) is 7.31. The predicted octanol–water partition coefficient (Wildman–Crippen LogP) is 1.19. The molecule has 2 rings (SSSR count).